The molecule has 1 amide bonds. The lowest BCUT2D eigenvalue weighted by Crippen LogP contribution is -2.33. The number of aromatic nitrogens is 4. The van der Waals surface area contributed by atoms with Gasteiger partial charge in [-0.25, -0.2) is 4.52 Å². The van der Waals surface area contributed by atoms with Crippen molar-refractivity contribution in [1.82, 2.24) is 19.6 Å². The van der Waals surface area contributed by atoms with Crippen LogP contribution in [0.2, 0.25) is 0 Å². The Balaban J connectivity index is 1.65. The molecule has 27 heavy (non-hydrogen) atoms. The van der Waals surface area contributed by atoms with Gasteiger partial charge in [-0.1, -0.05) is 0 Å². The maximum atomic E-state index is 12.7. The molecule has 8 nitrogen and oxygen atoms in total. The molecule has 2 atom stereocenters. The Morgan fingerprint density at radius 2 is 2.22 bits per heavy atom. The number of hydrogen-bond donors (Lipinski definition) is 1. The van der Waals surface area contributed by atoms with Gasteiger partial charge in [0.25, 0.3) is 17.5 Å². The highest BCUT2D eigenvalue weighted by molar-refractivity contribution is 5.93. The van der Waals surface area contributed by atoms with E-state index in [1.165, 1.54) is 6.07 Å². The molecule has 3 rings (SSSR count). The molecule has 1 aliphatic rings. The number of hydrogen-bond acceptors (Lipinski definition) is 6. The van der Waals surface area contributed by atoms with E-state index in [9.17, 15) is 18.0 Å². The Kier molecular flexibility index (Phi) is 5.61. The molecule has 2 aromatic heterocycles. The van der Waals surface area contributed by atoms with Crippen molar-refractivity contribution in [2.24, 2.45) is 0 Å². The van der Waals surface area contributed by atoms with Crippen LogP contribution in [0.25, 0.3) is 5.78 Å². The van der Waals surface area contributed by atoms with E-state index < -0.39 is 24.0 Å². The second kappa shape index (κ2) is 7.77. The Hall–Kier alpha value is -2.27. The van der Waals surface area contributed by atoms with Crippen LogP contribution in [0.5, 0.6) is 0 Å². The first-order valence-corrected chi connectivity index (χ1v) is 8.59. The SMILES string of the molecule is Cc1cc(NC(=O)C(C)OCC2CCCCO2)nc2nc(C(F)(F)F)nn12. The smallest absolute Gasteiger partial charge is 0.376 e. The highest BCUT2D eigenvalue weighted by Gasteiger charge is 2.36. The molecule has 1 fully saturated rings. The van der Waals surface area contributed by atoms with E-state index in [1.807, 2.05) is 0 Å². The number of carbonyl (C=O) groups excluding carboxylic acids is 1. The van der Waals surface area contributed by atoms with Gasteiger partial charge in [0.15, 0.2) is 0 Å². The van der Waals surface area contributed by atoms with Crippen molar-refractivity contribution in [1.29, 1.82) is 0 Å². The third-order valence-corrected chi connectivity index (χ3v) is 4.17. The highest BCUT2D eigenvalue weighted by atomic mass is 19.4. The topological polar surface area (TPSA) is 90.6 Å². The number of fused-ring (bicyclic) bond motifs is 1. The monoisotopic (exact) mass is 387 g/mol. The second-order valence-electron chi connectivity index (χ2n) is 6.38. The van der Waals surface area contributed by atoms with Crippen LogP contribution >= 0.6 is 0 Å². The molecule has 0 aromatic carbocycles. The maximum absolute atomic E-state index is 12.7. The molecule has 1 N–H and O–H groups in total. The minimum Gasteiger partial charge on any atom is -0.376 e. The van der Waals surface area contributed by atoms with Crippen LogP contribution in [0, 0.1) is 6.92 Å². The Morgan fingerprint density at radius 3 is 2.89 bits per heavy atom. The quantitative estimate of drug-likeness (QED) is 0.847. The number of halogens is 3. The molecular formula is C16H20F3N5O3. The van der Waals surface area contributed by atoms with Gasteiger partial charge in [0, 0.05) is 18.4 Å². The molecule has 0 bridgehead atoms. The third kappa shape index (κ3) is 4.72. The number of rotatable bonds is 5. The third-order valence-electron chi connectivity index (χ3n) is 4.17. The summed E-state index contributed by atoms with van der Waals surface area (Å²) in [6.07, 6.45) is -2.48. The van der Waals surface area contributed by atoms with Crippen LogP contribution < -0.4 is 5.32 Å². The van der Waals surface area contributed by atoms with E-state index in [2.05, 4.69) is 20.4 Å². The van der Waals surface area contributed by atoms with Crippen molar-refractivity contribution in [2.75, 3.05) is 18.5 Å². The van der Waals surface area contributed by atoms with Crippen LogP contribution in [0.4, 0.5) is 19.0 Å². The average Bonchev–Trinajstić information content (AvgIpc) is 3.05. The Bertz CT molecular complexity index is 817. The van der Waals surface area contributed by atoms with E-state index >= 15 is 0 Å². The van der Waals surface area contributed by atoms with Gasteiger partial charge in [0.1, 0.15) is 11.9 Å². The summed E-state index contributed by atoms with van der Waals surface area (Å²) in [5.41, 5.74) is 0.350. The summed E-state index contributed by atoms with van der Waals surface area (Å²) in [4.78, 5) is 19.5. The van der Waals surface area contributed by atoms with Gasteiger partial charge in [-0.2, -0.15) is 23.1 Å². The standard InChI is InChI=1S/C16H20F3N5O3/c1-9-7-12(21-15-22-14(16(17,18)19)23-24(9)15)20-13(25)10(2)27-8-11-5-3-4-6-26-11/h7,10-11H,3-6,8H2,1-2H3,(H,20,21,22,23,25). The lowest BCUT2D eigenvalue weighted by Gasteiger charge is -2.23. The molecule has 11 heteroatoms. The number of carbonyl (C=O) groups is 1. The van der Waals surface area contributed by atoms with Gasteiger partial charge in [-0.15, -0.1) is 5.10 Å². The Morgan fingerprint density at radius 1 is 1.44 bits per heavy atom. The number of amides is 1. The van der Waals surface area contributed by atoms with E-state index in [1.54, 1.807) is 13.8 Å². The second-order valence-corrected chi connectivity index (χ2v) is 6.38. The van der Waals surface area contributed by atoms with Crippen molar-refractivity contribution in [3.05, 3.63) is 17.6 Å². The predicted octanol–water partition coefficient (Wildman–Crippen LogP) is 2.36. The highest BCUT2D eigenvalue weighted by Crippen LogP contribution is 2.26. The number of ether oxygens (including phenoxy) is 2. The molecule has 2 unspecified atom stereocenters. The molecule has 0 aliphatic carbocycles. The molecule has 1 aliphatic heterocycles. The van der Waals surface area contributed by atoms with Gasteiger partial charge in [-0.3, -0.25) is 4.79 Å². The molecule has 0 radical (unpaired) electrons. The predicted molar refractivity (Wildman–Crippen MR) is 88.2 cm³/mol. The normalized spacial score (nSPS) is 19.2. The first-order chi connectivity index (χ1) is 12.7. The molecular weight excluding hydrogens is 367 g/mol. The zero-order valence-electron chi connectivity index (χ0n) is 14.9. The van der Waals surface area contributed by atoms with Gasteiger partial charge < -0.3 is 14.8 Å². The zero-order valence-corrected chi connectivity index (χ0v) is 14.9. The summed E-state index contributed by atoms with van der Waals surface area (Å²) in [6.45, 7) is 4.12. The summed E-state index contributed by atoms with van der Waals surface area (Å²) in [6, 6.07) is 1.41. The largest absolute Gasteiger partial charge is 0.453 e. The fourth-order valence-electron chi connectivity index (χ4n) is 2.69. The Labute approximate surface area is 153 Å². The van der Waals surface area contributed by atoms with Crippen molar-refractivity contribution < 1.29 is 27.4 Å². The number of anilines is 1. The van der Waals surface area contributed by atoms with Crippen molar-refractivity contribution in [3.8, 4) is 0 Å². The number of nitrogens with one attached hydrogen (secondary N) is 1. The van der Waals surface area contributed by atoms with E-state index in [0.29, 0.717) is 18.9 Å². The fraction of sp³-hybridized carbons (Fsp3) is 0.625. The lowest BCUT2D eigenvalue weighted by atomic mass is 10.1. The van der Waals surface area contributed by atoms with E-state index in [4.69, 9.17) is 9.47 Å². The lowest BCUT2D eigenvalue weighted by molar-refractivity contribution is -0.144. The zero-order chi connectivity index (χ0) is 19.6. The molecule has 148 valence electrons. The number of alkyl halides is 3. The molecule has 0 spiro atoms. The maximum Gasteiger partial charge on any atom is 0.453 e. The van der Waals surface area contributed by atoms with E-state index in [-0.39, 0.29) is 17.7 Å². The first kappa shape index (κ1) is 19.5. The van der Waals surface area contributed by atoms with Crippen LogP contribution in [-0.2, 0) is 20.4 Å². The summed E-state index contributed by atoms with van der Waals surface area (Å²) in [7, 11) is 0. The molecule has 2 aromatic rings. The van der Waals surface area contributed by atoms with Crippen LogP contribution in [-0.4, -0.2) is 50.9 Å². The van der Waals surface area contributed by atoms with Gasteiger partial charge in [0.2, 0.25) is 0 Å². The van der Waals surface area contributed by atoms with Crippen LogP contribution in [0.3, 0.4) is 0 Å². The van der Waals surface area contributed by atoms with Gasteiger partial charge >= 0.3 is 6.18 Å². The summed E-state index contributed by atoms with van der Waals surface area (Å²) in [5, 5.41) is 5.92. The average molecular weight is 387 g/mol. The summed E-state index contributed by atoms with van der Waals surface area (Å²) in [5.74, 6) is -1.92. The van der Waals surface area contributed by atoms with Crippen LogP contribution in [0.15, 0.2) is 6.07 Å². The number of aryl methyl sites for hydroxylation is 1. The first-order valence-electron chi connectivity index (χ1n) is 8.59. The van der Waals surface area contributed by atoms with Gasteiger partial charge in [-0.05, 0) is 33.1 Å². The van der Waals surface area contributed by atoms with Crippen LogP contribution in [0.1, 0.15) is 37.7 Å². The van der Waals surface area contributed by atoms with Crippen molar-refractivity contribution in [2.45, 2.75) is 51.5 Å². The number of nitrogens with zero attached hydrogens (tertiary/aromatic N) is 4. The minimum absolute atomic E-state index is 0.0255. The molecule has 1 saturated heterocycles. The van der Waals surface area contributed by atoms with E-state index in [0.717, 1.165) is 23.8 Å². The summed E-state index contributed by atoms with van der Waals surface area (Å²) < 4.78 is 50.3. The summed E-state index contributed by atoms with van der Waals surface area (Å²) >= 11 is 0. The van der Waals surface area contributed by atoms with Gasteiger partial charge in [0.05, 0.1) is 12.7 Å². The molecule has 0 saturated carbocycles. The minimum atomic E-state index is -4.67. The molecule has 3 heterocycles. The van der Waals surface area contributed by atoms with Crippen molar-refractivity contribution in [3.63, 3.8) is 0 Å². The fourth-order valence-corrected chi connectivity index (χ4v) is 2.69. The van der Waals surface area contributed by atoms with Crippen molar-refractivity contribution >= 4 is 17.5 Å².